The lowest BCUT2D eigenvalue weighted by atomic mass is 10.1. The quantitative estimate of drug-likeness (QED) is 0.754. The largest absolute Gasteiger partial charge is 0.370 e. The van der Waals surface area contributed by atoms with Crippen LogP contribution in [-0.2, 0) is 18.4 Å². The molecule has 140 valence electrons. The van der Waals surface area contributed by atoms with Crippen LogP contribution in [0.2, 0.25) is 0 Å². The zero-order chi connectivity index (χ0) is 18.6. The molecular weight excluding hydrogens is 342 g/mol. The summed E-state index contributed by atoms with van der Waals surface area (Å²) in [6, 6.07) is 11.5. The summed E-state index contributed by atoms with van der Waals surface area (Å²) in [5.74, 6) is -0.0332. The molecule has 1 N–H and O–H groups in total. The highest BCUT2D eigenvalue weighted by Gasteiger charge is 2.26. The van der Waals surface area contributed by atoms with E-state index in [0.29, 0.717) is 18.8 Å². The van der Waals surface area contributed by atoms with E-state index in [0.717, 1.165) is 36.5 Å². The fraction of sp³-hybridized carbons (Fsp3) is 0.350. The third kappa shape index (κ3) is 3.93. The van der Waals surface area contributed by atoms with E-state index < -0.39 is 0 Å². The molecule has 4 rings (SSSR count). The molecule has 0 radical (unpaired) electrons. The van der Waals surface area contributed by atoms with Crippen LogP contribution >= 0.6 is 0 Å². The zero-order valence-corrected chi connectivity index (χ0v) is 15.3. The Morgan fingerprint density at radius 2 is 2.26 bits per heavy atom. The van der Waals surface area contributed by atoms with Gasteiger partial charge in [-0.25, -0.2) is 0 Å². The molecule has 3 aromatic heterocycles. The number of aryl methyl sites for hydroxylation is 1. The fourth-order valence-electron chi connectivity index (χ4n) is 3.41. The number of hydrogen-bond acceptors (Lipinski definition) is 4. The smallest absolute Gasteiger partial charge is 0.271 e. The standard InChI is InChI=1S/C20H23N5O2/c1-24-10-5-8-19(24)17-12-18(23-22-17)20(26)25-11-4-7-16(13-25)27-14-15-6-2-3-9-21-15/h2-3,5-6,8-10,12,16H,4,7,11,13-14H2,1H3,(H,22,23). The number of nitrogens with one attached hydrogen (secondary N) is 1. The Kier molecular flexibility index (Phi) is 5.02. The molecule has 1 unspecified atom stereocenters. The average molecular weight is 365 g/mol. The van der Waals surface area contributed by atoms with Gasteiger partial charge in [0.05, 0.1) is 24.1 Å². The van der Waals surface area contributed by atoms with Crippen molar-refractivity contribution in [2.24, 2.45) is 7.05 Å². The maximum absolute atomic E-state index is 12.9. The monoisotopic (exact) mass is 365 g/mol. The second kappa shape index (κ2) is 7.75. The van der Waals surface area contributed by atoms with Crippen LogP contribution in [0.25, 0.3) is 11.4 Å². The number of nitrogens with zero attached hydrogens (tertiary/aromatic N) is 4. The Labute approximate surface area is 158 Å². The SMILES string of the molecule is Cn1cccc1-c1cc(C(=O)N2CCCC(OCc3ccccn3)C2)[nH]n1. The van der Waals surface area contributed by atoms with E-state index in [4.69, 9.17) is 4.74 Å². The second-order valence-corrected chi connectivity index (χ2v) is 6.82. The van der Waals surface area contributed by atoms with Gasteiger partial charge in [0.1, 0.15) is 11.4 Å². The number of amides is 1. The number of aromatic amines is 1. The van der Waals surface area contributed by atoms with Gasteiger partial charge in [-0.05, 0) is 43.2 Å². The summed E-state index contributed by atoms with van der Waals surface area (Å²) < 4.78 is 7.96. The fourth-order valence-corrected chi connectivity index (χ4v) is 3.41. The maximum atomic E-state index is 12.9. The van der Waals surface area contributed by atoms with Gasteiger partial charge < -0.3 is 14.2 Å². The number of aromatic nitrogens is 4. The van der Waals surface area contributed by atoms with Crippen molar-refractivity contribution in [1.82, 2.24) is 24.6 Å². The summed E-state index contributed by atoms with van der Waals surface area (Å²) in [7, 11) is 1.96. The number of carbonyl (C=O) groups excluding carboxylic acids is 1. The molecular formula is C20H23N5O2. The third-order valence-electron chi connectivity index (χ3n) is 4.87. The van der Waals surface area contributed by atoms with Crippen molar-refractivity contribution in [3.05, 3.63) is 60.2 Å². The third-order valence-corrected chi connectivity index (χ3v) is 4.87. The number of H-pyrrole nitrogens is 1. The number of rotatable bonds is 5. The lowest BCUT2D eigenvalue weighted by molar-refractivity contribution is -0.00801. The van der Waals surface area contributed by atoms with Crippen LogP contribution in [0.5, 0.6) is 0 Å². The van der Waals surface area contributed by atoms with Crippen LogP contribution < -0.4 is 0 Å². The molecule has 1 saturated heterocycles. The number of ether oxygens (including phenoxy) is 1. The van der Waals surface area contributed by atoms with E-state index in [9.17, 15) is 4.79 Å². The first kappa shape index (κ1) is 17.5. The Hall–Kier alpha value is -2.93. The molecule has 3 aromatic rings. The molecule has 1 aliphatic heterocycles. The van der Waals surface area contributed by atoms with Gasteiger partial charge in [-0.3, -0.25) is 14.9 Å². The normalized spacial score (nSPS) is 17.2. The molecule has 0 aliphatic carbocycles. The van der Waals surface area contributed by atoms with Crippen molar-refractivity contribution in [3.8, 4) is 11.4 Å². The Balaban J connectivity index is 1.38. The van der Waals surface area contributed by atoms with Gasteiger partial charge >= 0.3 is 0 Å². The highest BCUT2D eigenvalue weighted by atomic mass is 16.5. The van der Waals surface area contributed by atoms with Gasteiger partial charge in [0, 0.05) is 32.5 Å². The topological polar surface area (TPSA) is 76.0 Å². The summed E-state index contributed by atoms with van der Waals surface area (Å²) in [6.07, 6.45) is 5.63. The van der Waals surface area contributed by atoms with Crippen LogP contribution in [0.4, 0.5) is 0 Å². The lowest BCUT2D eigenvalue weighted by Crippen LogP contribution is -2.43. The highest BCUT2D eigenvalue weighted by molar-refractivity contribution is 5.93. The van der Waals surface area contributed by atoms with E-state index in [1.54, 1.807) is 6.20 Å². The number of hydrogen-bond donors (Lipinski definition) is 1. The number of pyridine rings is 1. The van der Waals surface area contributed by atoms with Crippen LogP contribution in [0.15, 0.2) is 48.8 Å². The van der Waals surface area contributed by atoms with Crippen LogP contribution in [0.3, 0.4) is 0 Å². The molecule has 0 aromatic carbocycles. The molecule has 7 heteroatoms. The molecule has 0 bridgehead atoms. The van der Waals surface area contributed by atoms with Crippen molar-refractivity contribution in [2.45, 2.75) is 25.6 Å². The average Bonchev–Trinajstić information content (AvgIpc) is 3.35. The summed E-state index contributed by atoms with van der Waals surface area (Å²) in [4.78, 5) is 19.0. The minimum Gasteiger partial charge on any atom is -0.370 e. The molecule has 0 spiro atoms. The van der Waals surface area contributed by atoms with E-state index in [2.05, 4.69) is 15.2 Å². The minimum absolute atomic E-state index is 0.0278. The minimum atomic E-state index is -0.0332. The lowest BCUT2D eigenvalue weighted by Gasteiger charge is -2.32. The predicted octanol–water partition coefficient (Wildman–Crippen LogP) is 2.63. The van der Waals surface area contributed by atoms with E-state index in [-0.39, 0.29) is 12.0 Å². The summed E-state index contributed by atoms with van der Waals surface area (Å²) >= 11 is 0. The molecule has 1 atom stereocenters. The Morgan fingerprint density at radius 1 is 1.33 bits per heavy atom. The van der Waals surface area contributed by atoms with E-state index in [1.165, 1.54) is 0 Å². The van der Waals surface area contributed by atoms with Gasteiger partial charge in [0.2, 0.25) is 0 Å². The summed E-state index contributed by atoms with van der Waals surface area (Å²) in [5.41, 5.74) is 3.16. The summed E-state index contributed by atoms with van der Waals surface area (Å²) in [5, 5.41) is 7.18. The van der Waals surface area contributed by atoms with Crippen molar-refractivity contribution < 1.29 is 9.53 Å². The van der Waals surface area contributed by atoms with Gasteiger partial charge in [-0.1, -0.05) is 6.07 Å². The van der Waals surface area contributed by atoms with Crippen LogP contribution in [0, 0.1) is 0 Å². The Bertz CT molecular complexity index is 902. The maximum Gasteiger partial charge on any atom is 0.271 e. The van der Waals surface area contributed by atoms with Crippen LogP contribution in [-0.4, -0.2) is 49.7 Å². The van der Waals surface area contributed by atoms with Gasteiger partial charge in [-0.15, -0.1) is 0 Å². The second-order valence-electron chi connectivity index (χ2n) is 6.82. The molecule has 0 saturated carbocycles. The van der Waals surface area contributed by atoms with Crippen LogP contribution in [0.1, 0.15) is 29.0 Å². The van der Waals surface area contributed by atoms with Gasteiger partial charge in [0.25, 0.3) is 5.91 Å². The predicted molar refractivity (Wildman–Crippen MR) is 101 cm³/mol. The highest BCUT2D eigenvalue weighted by Crippen LogP contribution is 2.20. The van der Waals surface area contributed by atoms with E-state index in [1.807, 2.05) is 59.1 Å². The zero-order valence-electron chi connectivity index (χ0n) is 15.3. The number of likely N-dealkylation sites (tertiary alicyclic amines) is 1. The van der Waals surface area contributed by atoms with Crippen molar-refractivity contribution in [3.63, 3.8) is 0 Å². The molecule has 7 nitrogen and oxygen atoms in total. The molecule has 1 fully saturated rings. The first-order chi connectivity index (χ1) is 13.2. The summed E-state index contributed by atoms with van der Waals surface area (Å²) in [6.45, 7) is 1.79. The van der Waals surface area contributed by atoms with E-state index >= 15 is 0 Å². The van der Waals surface area contributed by atoms with Gasteiger partial charge in [-0.2, -0.15) is 5.10 Å². The van der Waals surface area contributed by atoms with Gasteiger partial charge in [0.15, 0.2) is 0 Å². The number of carbonyl (C=O) groups is 1. The van der Waals surface area contributed by atoms with Crippen molar-refractivity contribution in [1.29, 1.82) is 0 Å². The molecule has 1 aliphatic rings. The first-order valence-corrected chi connectivity index (χ1v) is 9.18. The molecule has 4 heterocycles. The van der Waals surface area contributed by atoms with Crippen molar-refractivity contribution >= 4 is 5.91 Å². The molecule has 1 amide bonds. The Morgan fingerprint density at radius 3 is 3.04 bits per heavy atom. The number of piperidine rings is 1. The first-order valence-electron chi connectivity index (χ1n) is 9.18. The molecule has 27 heavy (non-hydrogen) atoms. The van der Waals surface area contributed by atoms with Crippen molar-refractivity contribution in [2.75, 3.05) is 13.1 Å².